The highest BCUT2D eigenvalue weighted by Crippen LogP contribution is 2.41. The van der Waals surface area contributed by atoms with Crippen molar-refractivity contribution in [3.63, 3.8) is 0 Å². The molecule has 0 aromatic heterocycles. The predicted molar refractivity (Wildman–Crippen MR) is 77.4 cm³/mol. The highest BCUT2D eigenvalue weighted by atomic mass is 16.4. The maximum absolute atomic E-state index is 11.3. The molecule has 0 saturated heterocycles. The highest BCUT2D eigenvalue weighted by Gasteiger charge is 2.44. The number of carboxylic acids is 1. The lowest BCUT2D eigenvalue weighted by Gasteiger charge is -2.37. The molecule has 0 bridgehead atoms. The van der Waals surface area contributed by atoms with Gasteiger partial charge in [-0.05, 0) is 42.9 Å². The summed E-state index contributed by atoms with van der Waals surface area (Å²) in [5.74, 6) is -0.00765. The third-order valence-electron chi connectivity index (χ3n) is 3.99. The molecule has 19 heavy (non-hydrogen) atoms. The van der Waals surface area contributed by atoms with E-state index < -0.39 is 11.4 Å². The summed E-state index contributed by atoms with van der Waals surface area (Å²) in [5.41, 5.74) is 1.81. The molecule has 1 aliphatic rings. The zero-order valence-corrected chi connectivity index (χ0v) is 11.8. The Kier molecular flexibility index (Phi) is 4.13. The molecule has 104 valence electrons. The summed E-state index contributed by atoms with van der Waals surface area (Å²) < 4.78 is 0. The summed E-state index contributed by atoms with van der Waals surface area (Å²) in [6.45, 7) is 4.95. The summed E-state index contributed by atoms with van der Waals surface area (Å²) in [6.07, 6.45) is 3.70. The molecular weight excluding hydrogens is 238 g/mol. The van der Waals surface area contributed by atoms with Gasteiger partial charge in [-0.2, -0.15) is 0 Å². The fraction of sp³-hybridized carbons (Fsp3) is 0.562. The van der Waals surface area contributed by atoms with Crippen molar-refractivity contribution in [3.05, 3.63) is 29.8 Å². The minimum Gasteiger partial charge on any atom is -0.481 e. The SMILES string of the molecule is CC(C)Cc1ccc(NCC2(C(=O)O)CCC2)cc1. The van der Waals surface area contributed by atoms with Crippen molar-refractivity contribution in [1.82, 2.24) is 0 Å². The van der Waals surface area contributed by atoms with Crippen LogP contribution in [-0.2, 0) is 11.2 Å². The molecule has 3 nitrogen and oxygen atoms in total. The number of hydrogen-bond acceptors (Lipinski definition) is 2. The Balaban J connectivity index is 1.91. The van der Waals surface area contributed by atoms with Gasteiger partial charge in [-0.3, -0.25) is 4.79 Å². The first-order valence-corrected chi connectivity index (χ1v) is 7.08. The Labute approximate surface area is 115 Å². The van der Waals surface area contributed by atoms with Crippen LogP contribution in [0, 0.1) is 11.3 Å². The number of aliphatic carboxylic acids is 1. The molecule has 2 rings (SSSR count). The van der Waals surface area contributed by atoms with Gasteiger partial charge >= 0.3 is 5.97 Å². The van der Waals surface area contributed by atoms with Crippen LogP contribution in [-0.4, -0.2) is 17.6 Å². The molecule has 0 amide bonds. The van der Waals surface area contributed by atoms with Crippen LogP contribution in [0.1, 0.15) is 38.7 Å². The molecule has 0 heterocycles. The van der Waals surface area contributed by atoms with E-state index in [0.717, 1.165) is 31.4 Å². The van der Waals surface area contributed by atoms with Gasteiger partial charge in [-0.25, -0.2) is 0 Å². The van der Waals surface area contributed by atoms with Gasteiger partial charge in [0.15, 0.2) is 0 Å². The first-order chi connectivity index (χ1) is 9.02. The Morgan fingerprint density at radius 1 is 1.32 bits per heavy atom. The van der Waals surface area contributed by atoms with Gasteiger partial charge in [-0.15, -0.1) is 0 Å². The van der Waals surface area contributed by atoms with Gasteiger partial charge in [-0.1, -0.05) is 32.4 Å². The lowest BCUT2D eigenvalue weighted by Crippen LogP contribution is -2.43. The summed E-state index contributed by atoms with van der Waals surface area (Å²) in [6, 6.07) is 8.34. The van der Waals surface area contributed by atoms with Crippen LogP contribution in [0.5, 0.6) is 0 Å². The third kappa shape index (κ3) is 3.28. The second-order valence-electron chi connectivity index (χ2n) is 6.09. The first kappa shape index (κ1) is 13.9. The van der Waals surface area contributed by atoms with Crippen LogP contribution in [0.15, 0.2) is 24.3 Å². The Hall–Kier alpha value is -1.51. The number of nitrogens with one attached hydrogen (secondary N) is 1. The van der Waals surface area contributed by atoms with E-state index in [1.165, 1.54) is 5.56 Å². The van der Waals surface area contributed by atoms with E-state index in [9.17, 15) is 9.90 Å². The zero-order valence-electron chi connectivity index (χ0n) is 11.8. The second-order valence-corrected chi connectivity index (χ2v) is 6.09. The number of hydrogen-bond donors (Lipinski definition) is 2. The second kappa shape index (κ2) is 5.64. The minimum absolute atomic E-state index is 0.531. The van der Waals surface area contributed by atoms with Crippen LogP contribution < -0.4 is 5.32 Å². The van der Waals surface area contributed by atoms with E-state index >= 15 is 0 Å². The number of carboxylic acid groups (broad SMARTS) is 1. The van der Waals surface area contributed by atoms with E-state index in [2.05, 4.69) is 31.3 Å². The Morgan fingerprint density at radius 3 is 2.37 bits per heavy atom. The van der Waals surface area contributed by atoms with Crippen molar-refractivity contribution in [2.45, 2.75) is 39.5 Å². The number of carbonyl (C=O) groups is 1. The summed E-state index contributed by atoms with van der Waals surface area (Å²) in [4.78, 5) is 11.3. The van der Waals surface area contributed by atoms with Gasteiger partial charge in [0, 0.05) is 12.2 Å². The van der Waals surface area contributed by atoms with Crippen molar-refractivity contribution in [1.29, 1.82) is 0 Å². The van der Waals surface area contributed by atoms with Crippen molar-refractivity contribution >= 4 is 11.7 Å². The van der Waals surface area contributed by atoms with E-state index in [-0.39, 0.29) is 0 Å². The molecule has 2 N–H and O–H groups in total. The first-order valence-electron chi connectivity index (χ1n) is 7.08. The lowest BCUT2D eigenvalue weighted by atomic mass is 9.69. The molecule has 1 aromatic rings. The number of anilines is 1. The minimum atomic E-state index is -0.664. The largest absolute Gasteiger partial charge is 0.481 e. The van der Waals surface area contributed by atoms with Gasteiger partial charge in [0.2, 0.25) is 0 Å². The van der Waals surface area contributed by atoms with Crippen LogP contribution in [0.2, 0.25) is 0 Å². The van der Waals surface area contributed by atoms with Gasteiger partial charge in [0.25, 0.3) is 0 Å². The van der Waals surface area contributed by atoms with Crippen LogP contribution in [0.25, 0.3) is 0 Å². The van der Waals surface area contributed by atoms with Gasteiger partial charge in [0.05, 0.1) is 5.41 Å². The molecule has 0 aliphatic heterocycles. The molecule has 1 saturated carbocycles. The van der Waals surface area contributed by atoms with Gasteiger partial charge < -0.3 is 10.4 Å². The molecule has 0 atom stereocenters. The Bertz CT molecular complexity index is 433. The van der Waals surface area contributed by atoms with Crippen LogP contribution in [0.4, 0.5) is 5.69 Å². The van der Waals surface area contributed by atoms with Crippen molar-refractivity contribution in [3.8, 4) is 0 Å². The number of rotatable bonds is 6. The molecule has 0 spiro atoms. The molecule has 0 radical (unpaired) electrons. The fourth-order valence-electron chi connectivity index (χ4n) is 2.57. The summed E-state index contributed by atoms with van der Waals surface area (Å²) in [7, 11) is 0. The molecular formula is C16H23NO2. The standard InChI is InChI=1S/C16H23NO2/c1-12(2)10-13-4-6-14(7-5-13)17-11-16(15(18)19)8-3-9-16/h4-7,12,17H,3,8-11H2,1-2H3,(H,18,19). The van der Waals surface area contributed by atoms with Crippen molar-refractivity contribution in [2.24, 2.45) is 11.3 Å². The monoisotopic (exact) mass is 261 g/mol. The molecule has 1 aromatic carbocycles. The Morgan fingerprint density at radius 2 is 1.95 bits per heavy atom. The molecule has 1 fully saturated rings. The van der Waals surface area contributed by atoms with Crippen LogP contribution >= 0.6 is 0 Å². The van der Waals surface area contributed by atoms with Crippen molar-refractivity contribution < 1.29 is 9.90 Å². The van der Waals surface area contributed by atoms with E-state index in [0.29, 0.717) is 12.5 Å². The normalized spacial score (nSPS) is 17.0. The van der Waals surface area contributed by atoms with E-state index in [1.807, 2.05) is 12.1 Å². The van der Waals surface area contributed by atoms with Crippen molar-refractivity contribution in [2.75, 3.05) is 11.9 Å². The topological polar surface area (TPSA) is 49.3 Å². The third-order valence-corrected chi connectivity index (χ3v) is 3.99. The van der Waals surface area contributed by atoms with E-state index in [1.54, 1.807) is 0 Å². The van der Waals surface area contributed by atoms with Crippen LogP contribution in [0.3, 0.4) is 0 Å². The zero-order chi connectivity index (χ0) is 13.9. The highest BCUT2D eigenvalue weighted by molar-refractivity contribution is 5.76. The lowest BCUT2D eigenvalue weighted by molar-refractivity contribution is -0.153. The molecule has 1 aliphatic carbocycles. The quantitative estimate of drug-likeness (QED) is 0.823. The average molecular weight is 261 g/mol. The number of benzene rings is 1. The predicted octanol–water partition coefficient (Wildman–Crippen LogP) is 3.55. The smallest absolute Gasteiger partial charge is 0.311 e. The van der Waals surface area contributed by atoms with Gasteiger partial charge in [0.1, 0.15) is 0 Å². The molecule has 3 heteroatoms. The fourth-order valence-corrected chi connectivity index (χ4v) is 2.57. The van der Waals surface area contributed by atoms with E-state index in [4.69, 9.17) is 0 Å². The maximum Gasteiger partial charge on any atom is 0.311 e. The molecule has 0 unspecified atom stereocenters. The summed E-state index contributed by atoms with van der Waals surface area (Å²) >= 11 is 0. The average Bonchev–Trinajstić information content (AvgIpc) is 2.28. The summed E-state index contributed by atoms with van der Waals surface area (Å²) in [5, 5.41) is 12.5. The maximum atomic E-state index is 11.3.